The van der Waals surface area contributed by atoms with Gasteiger partial charge >= 0.3 is 0 Å². The Morgan fingerprint density at radius 3 is 2.29 bits per heavy atom. The predicted octanol–water partition coefficient (Wildman–Crippen LogP) is 3.10. The summed E-state index contributed by atoms with van der Waals surface area (Å²) in [6.07, 6.45) is 1.06. The van der Waals surface area contributed by atoms with Gasteiger partial charge in [0.2, 0.25) is 21.8 Å². The zero-order valence-electron chi connectivity index (χ0n) is 21.0. The summed E-state index contributed by atoms with van der Waals surface area (Å²) in [6, 6.07) is 13.3. The van der Waals surface area contributed by atoms with E-state index in [0.29, 0.717) is 11.4 Å². The van der Waals surface area contributed by atoms with Crippen LogP contribution >= 0.6 is 0 Å². The van der Waals surface area contributed by atoms with Crippen molar-refractivity contribution in [3.05, 3.63) is 59.7 Å². The Morgan fingerprint density at radius 2 is 1.74 bits per heavy atom. The Hall–Kier alpha value is -3.07. The van der Waals surface area contributed by atoms with Crippen LogP contribution < -0.4 is 14.4 Å². The first kappa shape index (κ1) is 27.2. The van der Waals surface area contributed by atoms with Crippen LogP contribution in [-0.4, -0.2) is 56.6 Å². The average molecular weight is 490 g/mol. The van der Waals surface area contributed by atoms with Gasteiger partial charge in [0, 0.05) is 12.1 Å². The molecule has 0 aromatic heterocycles. The molecule has 0 aliphatic carbocycles. The van der Waals surface area contributed by atoms with Crippen molar-refractivity contribution in [1.29, 1.82) is 0 Å². The zero-order valence-corrected chi connectivity index (χ0v) is 21.8. The summed E-state index contributed by atoms with van der Waals surface area (Å²) in [7, 11) is -2.21. The van der Waals surface area contributed by atoms with E-state index in [-0.39, 0.29) is 12.5 Å². The van der Waals surface area contributed by atoms with Gasteiger partial charge in [0.1, 0.15) is 18.3 Å². The lowest BCUT2D eigenvalue weighted by Gasteiger charge is -2.33. The minimum atomic E-state index is -3.76. The number of ether oxygens (including phenoxy) is 1. The van der Waals surface area contributed by atoms with E-state index in [1.54, 1.807) is 63.4 Å². The maximum absolute atomic E-state index is 13.6. The molecule has 2 aromatic carbocycles. The van der Waals surface area contributed by atoms with Crippen LogP contribution in [-0.2, 0) is 26.2 Å². The van der Waals surface area contributed by atoms with Crippen molar-refractivity contribution in [1.82, 2.24) is 10.2 Å². The lowest BCUT2D eigenvalue weighted by atomic mass is 10.1. The SMILES string of the molecule is COc1cccc(CN(C(=O)CN(c2ccccc2C)S(C)(=O)=O)C(C)C(=O)NC(C)(C)C)c1. The minimum absolute atomic E-state index is 0.111. The van der Waals surface area contributed by atoms with Gasteiger partial charge in [-0.25, -0.2) is 8.42 Å². The van der Waals surface area contributed by atoms with Crippen molar-refractivity contribution < 1.29 is 22.7 Å². The fourth-order valence-electron chi connectivity index (χ4n) is 3.46. The van der Waals surface area contributed by atoms with E-state index < -0.39 is 34.1 Å². The molecule has 0 bridgehead atoms. The van der Waals surface area contributed by atoms with E-state index in [0.717, 1.165) is 21.7 Å². The summed E-state index contributed by atoms with van der Waals surface area (Å²) in [5.41, 5.74) is 1.41. The summed E-state index contributed by atoms with van der Waals surface area (Å²) >= 11 is 0. The highest BCUT2D eigenvalue weighted by Crippen LogP contribution is 2.23. The number of carbonyl (C=O) groups excluding carboxylic acids is 2. The van der Waals surface area contributed by atoms with E-state index in [1.165, 1.54) is 4.90 Å². The molecule has 0 fully saturated rings. The lowest BCUT2D eigenvalue weighted by Crippen LogP contribution is -2.54. The fraction of sp³-hybridized carbons (Fsp3) is 0.440. The van der Waals surface area contributed by atoms with Crippen LogP contribution in [0.5, 0.6) is 5.75 Å². The third-order valence-corrected chi connectivity index (χ3v) is 6.34. The third-order valence-electron chi connectivity index (χ3n) is 5.22. The van der Waals surface area contributed by atoms with Crippen molar-refractivity contribution in [3.8, 4) is 5.75 Å². The molecule has 1 unspecified atom stereocenters. The zero-order chi connectivity index (χ0) is 25.7. The number of amides is 2. The first-order chi connectivity index (χ1) is 15.7. The normalized spacial score (nSPS) is 12.6. The summed E-state index contributed by atoms with van der Waals surface area (Å²) in [5, 5.41) is 2.90. The quantitative estimate of drug-likeness (QED) is 0.584. The van der Waals surface area contributed by atoms with Crippen molar-refractivity contribution in [2.75, 3.05) is 24.2 Å². The van der Waals surface area contributed by atoms with Crippen molar-refractivity contribution in [2.24, 2.45) is 0 Å². The molecule has 0 aliphatic heterocycles. The van der Waals surface area contributed by atoms with Crippen LogP contribution in [0.25, 0.3) is 0 Å². The van der Waals surface area contributed by atoms with Gasteiger partial charge in [0.05, 0.1) is 19.1 Å². The molecule has 8 nitrogen and oxygen atoms in total. The van der Waals surface area contributed by atoms with Gasteiger partial charge in [-0.15, -0.1) is 0 Å². The van der Waals surface area contributed by atoms with Gasteiger partial charge in [0.15, 0.2) is 0 Å². The van der Waals surface area contributed by atoms with Crippen molar-refractivity contribution in [2.45, 2.75) is 52.7 Å². The number of hydrogen-bond acceptors (Lipinski definition) is 5. The first-order valence-corrected chi connectivity index (χ1v) is 12.9. The molecule has 0 aliphatic rings. The molecule has 0 saturated heterocycles. The number of benzene rings is 2. The molecule has 0 heterocycles. The standard InChI is InChI=1S/C25H35N3O5S/c1-18-11-8-9-14-22(18)28(34(7,31)32)17-23(29)27(19(2)24(30)26-25(3,4)5)16-20-12-10-13-21(15-20)33-6/h8-15,19H,16-17H2,1-7H3,(H,26,30). The van der Waals surface area contributed by atoms with Crippen LogP contribution in [0.1, 0.15) is 38.8 Å². The molecule has 0 saturated carbocycles. The van der Waals surface area contributed by atoms with Gasteiger partial charge in [-0.05, 0) is 63.9 Å². The number of sulfonamides is 1. The number of rotatable bonds is 9. The number of nitrogens with one attached hydrogen (secondary N) is 1. The lowest BCUT2D eigenvalue weighted by molar-refractivity contribution is -0.140. The molecular formula is C25H35N3O5S. The molecule has 2 rings (SSSR count). The minimum Gasteiger partial charge on any atom is -0.497 e. The van der Waals surface area contributed by atoms with E-state index >= 15 is 0 Å². The Morgan fingerprint density at radius 1 is 1.09 bits per heavy atom. The smallest absolute Gasteiger partial charge is 0.244 e. The molecule has 2 aromatic rings. The third kappa shape index (κ3) is 7.48. The van der Waals surface area contributed by atoms with Crippen LogP contribution in [0, 0.1) is 6.92 Å². The van der Waals surface area contributed by atoms with Crippen LogP contribution in [0.15, 0.2) is 48.5 Å². The molecule has 34 heavy (non-hydrogen) atoms. The second-order valence-corrected chi connectivity index (χ2v) is 11.3. The van der Waals surface area contributed by atoms with E-state index in [2.05, 4.69) is 5.32 Å². The number of hydrogen-bond donors (Lipinski definition) is 1. The second-order valence-electron chi connectivity index (χ2n) is 9.34. The molecule has 0 radical (unpaired) electrons. The van der Waals surface area contributed by atoms with Gasteiger partial charge in [-0.3, -0.25) is 13.9 Å². The second kappa shape index (κ2) is 10.9. The summed E-state index contributed by atoms with van der Waals surface area (Å²) < 4.78 is 31.6. The maximum atomic E-state index is 13.6. The van der Waals surface area contributed by atoms with Crippen LogP contribution in [0.3, 0.4) is 0 Å². The Kier molecular flexibility index (Phi) is 8.72. The Bertz CT molecular complexity index is 1130. The molecule has 0 spiro atoms. The molecule has 2 amide bonds. The average Bonchev–Trinajstić information content (AvgIpc) is 2.74. The maximum Gasteiger partial charge on any atom is 0.244 e. The highest BCUT2D eigenvalue weighted by atomic mass is 32.2. The molecule has 186 valence electrons. The van der Waals surface area contributed by atoms with Crippen molar-refractivity contribution in [3.63, 3.8) is 0 Å². The highest BCUT2D eigenvalue weighted by molar-refractivity contribution is 7.92. The largest absolute Gasteiger partial charge is 0.497 e. The number of carbonyl (C=O) groups is 2. The van der Waals surface area contributed by atoms with Crippen LogP contribution in [0.4, 0.5) is 5.69 Å². The Labute approximate surface area is 202 Å². The number of methoxy groups -OCH3 is 1. The summed E-state index contributed by atoms with van der Waals surface area (Å²) in [5.74, 6) is -0.201. The van der Waals surface area contributed by atoms with E-state index in [4.69, 9.17) is 4.74 Å². The number of nitrogens with zero attached hydrogens (tertiary/aromatic N) is 2. The topological polar surface area (TPSA) is 96.0 Å². The predicted molar refractivity (Wildman–Crippen MR) is 134 cm³/mol. The van der Waals surface area contributed by atoms with E-state index in [1.807, 2.05) is 26.8 Å². The monoisotopic (exact) mass is 489 g/mol. The number of aryl methyl sites for hydroxylation is 1. The van der Waals surface area contributed by atoms with E-state index in [9.17, 15) is 18.0 Å². The molecular weight excluding hydrogens is 454 g/mol. The molecule has 9 heteroatoms. The number of para-hydroxylation sites is 1. The first-order valence-electron chi connectivity index (χ1n) is 11.0. The van der Waals surface area contributed by atoms with Crippen LogP contribution in [0.2, 0.25) is 0 Å². The van der Waals surface area contributed by atoms with Gasteiger partial charge in [-0.2, -0.15) is 0 Å². The van der Waals surface area contributed by atoms with Gasteiger partial charge in [0.25, 0.3) is 0 Å². The summed E-state index contributed by atoms with van der Waals surface area (Å²) in [6.45, 7) is 8.67. The van der Waals surface area contributed by atoms with Crippen molar-refractivity contribution >= 4 is 27.5 Å². The summed E-state index contributed by atoms with van der Waals surface area (Å²) in [4.78, 5) is 27.9. The molecule has 1 N–H and O–H groups in total. The highest BCUT2D eigenvalue weighted by Gasteiger charge is 2.31. The fourth-order valence-corrected chi connectivity index (χ4v) is 4.37. The molecule has 1 atom stereocenters. The van der Waals surface area contributed by atoms with Gasteiger partial charge in [-0.1, -0.05) is 30.3 Å². The van der Waals surface area contributed by atoms with Gasteiger partial charge < -0.3 is 15.0 Å². The Balaban J connectivity index is 2.43. The number of anilines is 1.